The number of hydrogen-bond donors (Lipinski definition) is 0. The van der Waals surface area contributed by atoms with Gasteiger partial charge in [0.2, 0.25) is 0 Å². The van der Waals surface area contributed by atoms with Crippen LogP contribution < -0.4 is 0 Å². The van der Waals surface area contributed by atoms with Crippen LogP contribution in [0, 0.1) is 11.8 Å². The first-order valence-electron chi connectivity index (χ1n) is 7.17. The molecule has 19 heavy (non-hydrogen) atoms. The molecule has 0 radical (unpaired) electrons. The van der Waals surface area contributed by atoms with E-state index in [4.69, 9.17) is 9.47 Å². The van der Waals surface area contributed by atoms with E-state index < -0.39 is 0 Å². The molecule has 1 fully saturated rings. The van der Waals surface area contributed by atoms with Crippen molar-refractivity contribution in [1.29, 1.82) is 0 Å². The van der Waals surface area contributed by atoms with Crippen LogP contribution in [0.3, 0.4) is 0 Å². The Labute approximate surface area is 116 Å². The summed E-state index contributed by atoms with van der Waals surface area (Å²) in [4.78, 5) is 0. The molecule has 1 aliphatic heterocycles. The van der Waals surface area contributed by atoms with E-state index in [1.807, 2.05) is 18.2 Å². The standard InChI is InChI=1S/C17H22O2/c1(6-11-17-12-8-14-19-17)2-7-13-18-15-16-9-4-3-5-10-16/h3-5,9-10,17H,1-2,7-8,12-15H2/t17-/m0/s1. The van der Waals surface area contributed by atoms with Crippen molar-refractivity contribution in [3.8, 4) is 11.8 Å². The zero-order valence-electron chi connectivity index (χ0n) is 11.4. The molecule has 1 saturated heterocycles. The van der Waals surface area contributed by atoms with Crippen molar-refractivity contribution in [2.75, 3.05) is 13.2 Å². The predicted octanol–water partition coefficient (Wildman–Crippen LogP) is 3.56. The van der Waals surface area contributed by atoms with Gasteiger partial charge in [-0.05, 0) is 31.2 Å². The molecular formula is C17H22O2. The molecule has 0 saturated carbocycles. The van der Waals surface area contributed by atoms with Crippen LogP contribution in [0.4, 0.5) is 0 Å². The zero-order valence-corrected chi connectivity index (χ0v) is 11.4. The van der Waals surface area contributed by atoms with Crippen LogP contribution in [0.2, 0.25) is 0 Å². The molecule has 0 amide bonds. The minimum Gasteiger partial charge on any atom is -0.377 e. The second kappa shape index (κ2) is 8.74. The molecule has 0 spiro atoms. The Hall–Kier alpha value is -1.30. The van der Waals surface area contributed by atoms with E-state index in [2.05, 4.69) is 24.0 Å². The van der Waals surface area contributed by atoms with Gasteiger partial charge in [0, 0.05) is 19.6 Å². The van der Waals surface area contributed by atoms with Gasteiger partial charge < -0.3 is 9.47 Å². The fourth-order valence-electron chi connectivity index (χ4n) is 2.06. The maximum Gasteiger partial charge on any atom is 0.118 e. The smallest absolute Gasteiger partial charge is 0.118 e. The van der Waals surface area contributed by atoms with Crippen LogP contribution >= 0.6 is 0 Å². The summed E-state index contributed by atoms with van der Waals surface area (Å²) in [5.41, 5.74) is 1.24. The van der Waals surface area contributed by atoms with Crippen LogP contribution in [0.15, 0.2) is 30.3 Å². The van der Waals surface area contributed by atoms with Crippen molar-refractivity contribution in [2.45, 2.75) is 44.8 Å². The maximum absolute atomic E-state index is 5.63. The largest absolute Gasteiger partial charge is 0.377 e. The second-order valence-corrected chi connectivity index (χ2v) is 4.82. The molecule has 0 aliphatic carbocycles. The van der Waals surface area contributed by atoms with E-state index in [0.29, 0.717) is 6.61 Å². The molecule has 1 aliphatic rings. The highest BCUT2D eigenvalue weighted by Crippen LogP contribution is 2.10. The lowest BCUT2D eigenvalue weighted by Gasteiger charge is -2.03. The first-order valence-corrected chi connectivity index (χ1v) is 7.17. The van der Waals surface area contributed by atoms with Gasteiger partial charge in [-0.2, -0.15) is 0 Å². The zero-order chi connectivity index (χ0) is 13.2. The summed E-state index contributed by atoms with van der Waals surface area (Å²) < 4.78 is 11.1. The van der Waals surface area contributed by atoms with Crippen molar-refractivity contribution >= 4 is 0 Å². The molecule has 1 aromatic carbocycles. The van der Waals surface area contributed by atoms with Crippen LogP contribution in [-0.2, 0) is 16.1 Å². The Morgan fingerprint density at radius 2 is 2.11 bits per heavy atom. The van der Waals surface area contributed by atoms with Gasteiger partial charge in [0.05, 0.1) is 6.61 Å². The summed E-state index contributed by atoms with van der Waals surface area (Å²) in [6.45, 7) is 2.41. The summed E-state index contributed by atoms with van der Waals surface area (Å²) >= 11 is 0. The Kier molecular flexibility index (Phi) is 6.49. The topological polar surface area (TPSA) is 18.5 Å². The quantitative estimate of drug-likeness (QED) is 0.574. The van der Waals surface area contributed by atoms with Gasteiger partial charge in [-0.3, -0.25) is 0 Å². The van der Waals surface area contributed by atoms with E-state index in [-0.39, 0.29) is 6.10 Å². The Morgan fingerprint density at radius 1 is 1.21 bits per heavy atom. The third-order valence-corrected chi connectivity index (χ3v) is 3.14. The lowest BCUT2D eigenvalue weighted by molar-refractivity contribution is 0.117. The maximum atomic E-state index is 5.63. The van der Waals surface area contributed by atoms with Gasteiger partial charge in [-0.15, -0.1) is 5.92 Å². The van der Waals surface area contributed by atoms with Crippen LogP contribution in [0.25, 0.3) is 0 Å². The molecule has 1 heterocycles. The first-order chi connectivity index (χ1) is 9.45. The number of benzene rings is 1. The van der Waals surface area contributed by atoms with Crippen molar-refractivity contribution in [3.05, 3.63) is 35.9 Å². The molecule has 102 valence electrons. The third-order valence-electron chi connectivity index (χ3n) is 3.14. The van der Waals surface area contributed by atoms with Gasteiger partial charge in [0.1, 0.15) is 6.10 Å². The van der Waals surface area contributed by atoms with Crippen LogP contribution in [-0.4, -0.2) is 19.3 Å². The van der Waals surface area contributed by atoms with Crippen LogP contribution in [0.1, 0.15) is 37.7 Å². The molecule has 1 atom stereocenters. The molecule has 1 aromatic rings. The molecule has 2 rings (SSSR count). The normalized spacial score (nSPS) is 18.0. The molecule has 0 unspecified atom stereocenters. The Bertz CT molecular complexity index is 396. The van der Waals surface area contributed by atoms with Gasteiger partial charge in [-0.25, -0.2) is 0 Å². The first kappa shape index (κ1) is 14.1. The molecule has 2 nitrogen and oxygen atoms in total. The highest BCUT2D eigenvalue weighted by atomic mass is 16.5. The summed E-state index contributed by atoms with van der Waals surface area (Å²) in [5.74, 6) is 6.39. The van der Waals surface area contributed by atoms with Gasteiger partial charge in [0.15, 0.2) is 0 Å². The van der Waals surface area contributed by atoms with Gasteiger partial charge in [-0.1, -0.05) is 36.3 Å². The lowest BCUT2D eigenvalue weighted by atomic mass is 10.2. The van der Waals surface area contributed by atoms with E-state index in [1.165, 1.54) is 5.56 Å². The van der Waals surface area contributed by atoms with Crippen LogP contribution in [0.5, 0.6) is 0 Å². The second-order valence-electron chi connectivity index (χ2n) is 4.82. The number of unbranched alkanes of at least 4 members (excludes halogenated alkanes) is 2. The summed E-state index contributed by atoms with van der Waals surface area (Å²) in [5, 5.41) is 0. The fraction of sp³-hybridized carbons (Fsp3) is 0.529. The van der Waals surface area contributed by atoms with Gasteiger partial charge >= 0.3 is 0 Å². The summed E-state index contributed by atoms with van der Waals surface area (Å²) in [6.07, 6.45) is 5.60. The molecule has 0 N–H and O–H groups in total. The highest BCUT2D eigenvalue weighted by Gasteiger charge is 2.11. The van der Waals surface area contributed by atoms with E-state index in [9.17, 15) is 0 Å². The fourth-order valence-corrected chi connectivity index (χ4v) is 2.06. The average molecular weight is 258 g/mol. The van der Waals surface area contributed by atoms with Crippen molar-refractivity contribution in [3.63, 3.8) is 0 Å². The summed E-state index contributed by atoms with van der Waals surface area (Å²) in [6, 6.07) is 10.3. The number of ether oxygens (including phenoxy) is 2. The highest BCUT2D eigenvalue weighted by molar-refractivity contribution is 5.13. The van der Waals surface area contributed by atoms with E-state index in [0.717, 1.165) is 45.3 Å². The SMILES string of the molecule is C(#C[C@H]1CCCO1)CCCCOCc1ccccc1. The summed E-state index contributed by atoms with van der Waals surface area (Å²) in [7, 11) is 0. The predicted molar refractivity (Wildman–Crippen MR) is 76.7 cm³/mol. The van der Waals surface area contributed by atoms with Crippen molar-refractivity contribution in [2.24, 2.45) is 0 Å². The number of hydrogen-bond acceptors (Lipinski definition) is 2. The molecule has 0 aromatic heterocycles. The minimum absolute atomic E-state index is 0.203. The van der Waals surface area contributed by atoms with E-state index in [1.54, 1.807) is 0 Å². The monoisotopic (exact) mass is 258 g/mol. The Morgan fingerprint density at radius 3 is 2.89 bits per heavy atom. The average Bonchev–Trinajstić information content (AvgIpc) is 2.96. The number of rotatable bonds is 6. The Balaban J connectivity index is 1.46. The lowest BCUT2D eigenvalue weighted by Crippen LogP contribution is -1.99. The molecular weight excluding hydrogens is 236 g/mol. The van der Waals surface area contributed by atoms with Crippen molar-refractivity contribution < 1.29 is 9.47 Å². The van der Waals surface area contributed by atoms with E-state index >= 15 is 0 Å². The third kappa shape index (κ3) is 5.92. The minimum atomic E-state index is 0.203. The molecule has 0 bridgehead atoms. The van der Waals surface area contributed by atoms with Gasteiger partial charge in [0.25, 0.3) is 0 Å². The van der Waals surface area contributed by atoms with Crippen molar-refractivity contribution in [1.82, 2.24) is 0 Å². The molecule has 2 heteroatoms.